The molecule has 1 aromatic carbocycles. The Bertz CT molecular complexity index is 752. The van der Waals surface area contributed by atoms with Crippen molar-refractivity contribution < 1.29 is 14.1 Å². The van der Waals surface area contributed by atoms with E-state index in [1.165, 1.54) is 0 Å². The van der Waals surface area contributed by atoms with E-state index in [2.05, 4.69) is 20.4 Å². The van der Waals surface area contributed by atoms with Crippen LogP contribution < -0.4 is 15.8 Å². The number of nitrogens with one attached hydrogen (secondary N) is 1. The fraction of sp³-hybridized carbons (Fsp3) is 0.471. The van der Waals surface area contributed by atoms with Gasteiger partial charge in [-0.2, -0.15) is 4.98 Å². The molecule has 0 spiro atoms. The lowest BCUT2D eigenvalue weighted by Crippen LogP contribution is -2.39. The predicted molar refractivity (Wildman–Crippen MR) is 99.2 cm³/mol. The molecule has 2 aromatic rings. The SMILES string of the molecule is COc1ccc(C)cc1NC(=O)C1CCCN1Cc1noc(CN)n1.Cl. The van der Waals surface area contributed by atoms with Crippen molar-refractivity contribution >= 4 is 24.0 Å². The predicted octanol–water partition coefficient (Wildman–Crippen LogP) is 1.87. The fourth-order valence-electron chi connectivity index (χ4n) is 3.07. The van der Waals surface area contributed by atoms with Crippen LogP contribution in [0.3, 0.4) is 0 Å². The Morgan fingerprint density at radius 2 is 2.31 bits per heavy atom. The van der Waals surface area contributed by atoms with Gasteiger partial charge in [0.15, 0.2) is 5.82 Å². The van der Waals surface area contributed by atoms with E-state index in [1.54, 1.807) is 7.11 Å². The van der Waals surface area contributed by atoms with Gasteiger partial charge in [0.05, 0.1) is 31.9 Å². The highest BCUT2D eigenvalue weighted by molar-refractivity contribution is 5.96. The number of carbonyl (C=O) groups excluding carboxylic acids is 1. The van der Waals surface area contributed by atoms with Crippen molar-refractivity contribution in [3.8, 4) is 5.75 Å². The summed E-state index contributed by atoms with van der Waals surface area (Å²) in [6.07, 6.45) is 1.74. The number of anilines is 1. The number of likely N-dealkylation sites (tertiary alicyclic amines) is 1. The zero-order valence-corrected chi connectivity index (χ0v) is 15.7. The van der Waals surface area contributed by atoms with Crippen LogP contribution in [0.5, 0.6) is 5.75 Å². The van der Waals surface area contributed by atoms with Gasteiger partial charge in [-0.15, -0.1) is 12.4 Å². The van der Waals surface area contributed by atoms with Crippen molar-refractivity contribution in [1.29, 1.82) is 0 Å². The van der Waals surface area contributed by atoms with Gasteiger partial charge in [-0.3, -0.25) is 9.69 Å². The number of ether oxygens (including phenoxy) is 1. The molecule has 1 atom stereocenters. The van der Waals surface area contributed by atoms with Gasteiger partial charge in [0.2, 0.25) is 11.8 Å². The Balaban J connectivity index is 0.00000243. The molecular formula is C17H24ClN5O3. The lowest BCUT2D eigenvalue weighted by Gasteiger charge is -2.22. The van der Waals surface area contributed by atoms with E-state index in [4.69, 9.17) is 15.0 Å². The molecule has 1 fully saturated rings. The zero-order valence-electron chi connectivity index (χ0n) is 14.9. The third-order valence-electron chi connectivity index (χ3n) is 4.31. The van der Waals surface area contributed by atoms with Crippen molar-refractivity contribution in [2.45, 2.75) is 38.9 Å². The molecule has 1 aromatic heterocycles. The highest BCUT2D eigenvalue weighted by Crippen LogP contribution is 2.27. The number of hydrogen-bond donors (Lipinski definition) is 2. The smallest absolute Gasteiger partial charge is 0.241 e. The van der Waals surface area contributed by atoms with Crippen LogP contribution in [0.1, 0.15) is 30.1 Å². The molecule has 8 nitrogen and oxygen atoms in total. The number of halogens is 1. The Morgan fingerprint density at radius 3 is 3.00 bits per heavy atom. The van der Waals surface area contributed by atoms with Gasteiger partial charge >= 0.3 is 0 Å². The second-order valence-corrected chi connectivity index (χ2v) is 6.13. The van der Waals surface area contributed by atoms with Gasteiger partial charge in [-0.25, -0.2) is 0 Å². The highest BCUT2D eigenvalue weighted by atomic mass is 35.5. The minimum atomic E-state index is -0.231. The van der Waals surface area contributed by atoms with Gasteiger partial charge in [0, 0.05) is 0 Å². The van der Waals surface area contributed by atoms with Crippen LogP contribution in [-0.2, 0) is 17.9 Å². The first-order chi connectivity index (χ1) is 12.1. The molecule has 0 radical (unpaired) electrons. The maximum absolute atomic E-state index is 12.8. The summed E-state index contributed by atoms with van der Waals surface area (Å²) in [4.78, 5) is 19.0. The number of carbonyl (C=O) groups is 1. The lowest BCUT2D eigenvalue weighted by molar-refractivity contribution is -0.120. The van der Waals surface area contributed by atoms with E-state index in [0.29, 0.717) is 29.7 Å². The zero-order chi connectivity index (χ0) is 17.8. The monoisotopic (exact) mass is 381 g/mol. The van der Waals surface area contributed by atoms with Crippen LogP contribution in [0.15, 0.2) is 22.7 Å². The first kappa shape index (κ1) is 20.2. The number of amides is 1. The fourth-order valence-corrected chi connectivity index (χ4v) is 3.07. The van der Waals surface area contributed by atoms with Crippen LogP contribution in [0.25, 0.3) is 0 Å². The average Bonchev–Trinajstić information content (AvgIpc) is 3.24. The summed E-state index contributed by atoms with van der Waals surface area (Å²) in [5.41, 5.74) is 7.23. The van der Waals surface area contributed by atoms with Crippen LogP contribution >= 0.6 is 12.4 Å². The van der Waals surface area contributed by atoms with E-state index in [-0.39, 0.29) is 30.9 Å². The lowest BCUT2D eigenvalue weighted by atomic mass is 10.1. The van der Waals surface area contributed by atoms with Gasteiger partial charge in [0.25, 0.3) is 0 Å². The summed E-state index contributed by atoms with van der Waals surface area (Å²) in [5.74, 6) is 1.55. The first-order valence-corrected chi connectivity index (χ1v) is 8.31. The van der Waals surface area contributed by atoms with Crippen molar-refractivity contribution in [3.05, 3.63) is 35.5 Å². The summed E-state index contributed by atoms with van der Waals surface area (Å²) in [6.45, 7) is 3.47. The molecule has 142 valence electrons. The van der Waals surface area contributed by atoms with Crippen molar-refractivity contribution in [2.24, 2.45) is 5.73 Å². The maximum Gasteiger partial charge on any atom is 0.241 e. The number of hydrogen-bond acceptors (Lipinski definition) is 7. The molecule has 0 saturated carbocycles. The average molecular weight is 382 g/mol. The molecule has 3 rings (SSSR count). The minimum absolute atomic E-state index is 0. The number of aromatic nitrogens is 2. The van der Waals surface area contributed by atoms with Crippen molar-refractivity contribution in [1.82, 2.24) is 15.0 Å². The third kappa shape index (κ3) is 4.51. The molecular weight excluding hydrogens is 358 g/mol. The molecule has 9 heteroatoms. The number of rotatable bonds is 6. The number of nitrogens with zero attached hydrogens (tertiary/aromatic N) is 3. The van der Waals surface area contributed by atoms with E-state index in [1.807, 2.05) is 25.1 Å². The Morgan fingerprint density at radius 1 is 1.50 bits per heavy atom. The molecule has 3 N–H and O–H groups in total. The Hall–Kier alpha value is -2.16. The number of benzene rings is 1. The first-order valence-electron chi connectivity index (χ1n) is 8.31. The Kier molecular flexibility index (Phi) is 6.96. The van der Waals surface area contributed by atoms with Crippen LogP contribution in [0.4, 0.5) is 5.69 Å². The molecule has 1 saturated heterocycles. The van der Waals surface area contributed by atoms with Crippen LogP contribution in [0, 0.1) is 6.92 Å². The second kappa shape index (κ2) is 8.98. The maximum atomic E-state index is 12.8. The van der Waals surface area contributed by atoms with Gasteiger partial charge in [0.1, 0.15) is 5.75 Å². The van der Waals surface area contributed by atoms with E-state index in [9.17, 15) is 4.79 Å². The molecule has 26 heavy (non-hydrogen) atoms. The molecule has 0 bridgehead atoms. The quantitative estimate of drug-likeness (QED) is 0.786. The summed E-state index contributed by atoms with van der Waals surface area (Å²) in [5, 5.41) is 6.89. The van der Waals surface area contributed by atoms with E-state index >= 15 is 0 Å². The van der Waals surface area contributed by atoms with Crippen LogP contribution in [0.2, 0.25) is 0 Å². The topological polar surface area (TPSA) is 107 Å². The van der Waals surface area contributed by atoms with Gasteiger partial charge < -0.3 is 20.3 Å². The minimum Gasteiger partial charge on any atom is -0.495 e. The van der Waals surface area contributed by atoms with E-state index < -0.39 is 0 Å². The third-order valence-corrected chi connectivity index (χ3v) is 4.31. The number of methoxy groups -OCH3 is 1. The van der Waals surface area contributed by atoms with Gasteiger partial charge in [-0.05, 0) is 44.0 Å². The summed E-state index contributed by atoms with van der Waals surface area (Å²) >= 11 is 0. The summed E-state index contributed by atoms with van der Waals surface area (Å²) in [7, 11) is 1.59. The molecule has 1 aliphatic rings. The van der Waals surface area contributed by atoms with Gasteiger partial charge in [-0.1, -0.05) is 11.2 Å². The molecule has 2 heterocycles. The molecule has 1 amide bonds. The van der Waals surface area contributed by atoms with Crippen molar-refractivity contribution in [2.75, 3.05) is 19.0 Å². The number of nitrogens with two attached hydrogens (primary N) is 1. The largest absolute Gasteiger partial charge is 0.495 e. The number of aryl methyl sites for hydroxylation is 1. The summed E-state index contributed by atoms with van der Waals surface area (Å²) < 4.78 is 10.4. The Labute approximate surface area is 158 Å². The van der Waals surface area contributed by atoms with E-state index in [0.717, 1.165) is 24.9 Å². The molecule has 1 aliphatic heterocycles. The standard InChI is InChI=1S/C17H23N5O3.ClH/c1-11-5-6-14(24-2)12(8-11)19-17(23)13-4-3-7-22(13)10-15-20-16(9-18)25-21-15;/h5-6,8,13H,3-4,7,9-10,18H2,1-2H3,(H,19,23);1H. The van der Waals surface area contributed by atoms with Crippen molar-refractivity contribution in [3.63, 3.8) is 0 Å². The molecule has 1 unspecified atom stereocenters. The normalized spacial score (nSPS) is 17.0. The summed E-state index contributed by atoms with van der Waals surface area (Å²) in [6, 6.07) is 5.47. The molecule has 0 aliphatic carbocycles. The second-order valence-electron chi connectivity index (χ2n) is 6.13. The van der Waals surface area contributed by atoms with Crippen LogP contribution in [-0.4, -0.2) is 40.6 Å². The highest BCUT2D eigenvalue weighted by Gasteiger charge is 2.32.